The molecule has 0 radical (unpaired) electrons. The van der Waals surface area contributed by atoms with E-state index >= 15 is 0 Å². The number of ether oxygens (including phenoxy) is 2. The summed E-state index contributed by atoms with van der Waals surface area (Å²) in [7, 11) is 0. The van der Waals surface area contributed by atoms with Gasteiger partial charge in [0.25, 0.3) is 0 Å². The summed E-state index contributed by atoms with van der Waals surface area (Å²) in [5, 5.41) is 0.579. The molecule has 0 saturated heterocycles. The van der Waals surface area contributed by atoms with Crippen LogP contribution in [-0.4, -0.2) is 12.9 Å². The van der Waals surface area contributed by atoms with E-state index in [1.165, 1.54) is 0 Å². The molecule has 0 bridgehead atoms. The van der Waals surface area contributed by atoms with E-state index in [0.717, 1.165) is 30.4 Å². The van der Waals surface area contributed by atoms with E-state index < -0.39 is 5.54 Å². The fourth-order valence-electron chi connectivity index (χ4n) is 2.76. The number of isocyanates is 1. The van der Waals surface area contributed by atoms with Gasteiger partial charge in [-0.05, 0) is 26.2 Å². The van der Waals surface area contributed by atoms with Crippen molar-refractivity contribution in [2.24, 2.45) is 4.99 Å². The van der Waals surface area contributed by atoms with Gasteiger partial charge in [-0.25, -0.2) is 4.79 Å². The molecule has 1 aliphatic carbocycles. The average Bonchev–Trinajstić information content (AvgIpc) is 2.73. The molecule has 5 heteroatoms. The molecule has 1 fully saturated rings. The van der Waals surface area contributed by atoms with Crippen molar-refractivity contribution in [3.8, 4) is 11.5 Å². The van der Waals surface area contributed by atoms with E-state index in [1.807, 2.05) is 6.92 Å². The van der Waals surface area contributed by atoms with Gasteiger partial charge in [-0.15, -0.1) is 0 Å². The van der Waals surface area contributed by atoms with Gasteiger partial charge in [0.05, 0.1) is 5.02 Å². The number of benzene rings is 1. The third-order valence-corrected chi connectivity index (χ3v) is 4.06. The predicted octanol–water partition coefficient (Wildman–Crippen LogP) is 3.09. The van der Waals surface area contributed by atoms with Crippen LogP contribution in [0.1, 0.15) is 30.4 Å². The summed E-state index contributed by atoms with van der Waals surface area (Å²) in [6.07, 6.45) is 4.36. The molecule has 0 N–H and O–H groups in total. The second-order valence-corrected chi connectivity index (χ2v) is 5.09. The van der Waals surface area contributed by atoms with Crippen LogP contribution >= 0.6 is 11.6 Å². The lowest BCUT2D eigenvalue weighted by atomic mass is 9.71. The fourth-order valence-corrected chi connectivity index (χ4v) is 3.17. The van der Waals surface area contributed by atoms with Crippen LogP contribution in [0, 0.1) is 6.92 Å². The molecule has 0 unspecified atom stereocenters. The van der Waals surface area contributed by atoms with Crippen molar-refractivity contribution in [1.82, 2.24) is 0 Å². The van der Waals surface area contributed by atoms with Crippen molar-refractivity contribution in [2.45, 2.75) is 31.7 Å². The lowest BCUT2D eigenvalue weighted by Crippen LogP contribution is -2.33. The Balaban J connectivity index is 2.20. The van der Waals surface area contributed by atoms with E-state index in [2.05, 4.69) is 4.99 Å². The molecule has 4 nitrogen and oxygen atoms in total. The Morgan fingerprint density at radius 1 is 1.44 bits per heavy atom. The second kappa shape index (κ2) is 4.01. The van der Waals surface area contributed by atoms with Crippen LogP contribution in [0.3, 0.4) is 0 Å². The number of rotatable bonds is 2. The molecule has 18 heavy (non-hydrogen) atoms. The molecule has 0 atom stereocenters. The van der Waals surface area contributed by atoms with Gasteiger partial charge in [0.15, 0.2) is 11.5 Å². The molecular formula is C13H12ClNO3. The van der Waals surface area contributed by atoms with E-state index in [1.54, 1.807) is 12.1 Å². The minimum Gasteiger partial charge on any atom is -0.454 e. The highest BCUT2D eigenvalue weighted by Gasteiger charge is 2.43. The van der Waals surface area contributed by atoms with Crippen LogP contribution in [0.15, 0.2) is 11.1 Å². The summed E-state index contributed by atoms with van der Waals surface area (Å²) >= 11 is 6.32. The number of hydrogen-bond donors (Lipinski definition) is 0. The summed E-state index contributed by atoms with van der Waals surface area (Å²) in [6, 6.07) is 1.74. The van der Waals surface area contributed by atoms with Gasteiger partial charge in [-0.2, -0.15) is 4.99 Å². The molecule has 1 heterocycles. The van der Waals surface area contributed by atoms with Crippen LogP contribution in [0.2, 0.25) is 5.02 Å². The van der Waals surface area contributed by atoms with Gasteiger partial charge in [-0.3, -0.25) is 0 Å². The number of fused-ring (bicyclic) bond motifs is 1. The van der Waals surface area contributed by atoms with Gasteiger partial charge < -0.3 is 9.47 Å². The molecule has 1 aliphatic heterocycles. The molecule has 0 amide bonds. The molecule has 1 saturated carbocycles. The monoisotopic (exact) mass is 265 g/mol. The van der Waals surface area contributed by atoms with Crippen molar-refractivity contribution >= 4 is 17.7 Å². The highest BCUT2D eigenvalue weighted by Crippen LogP contribution is 2.52. The van der Waals surface area contributed by atoms with Gasteiger partial charge in [-0.1, -0.05) is 11.6 Å². The molecular weight excluding hydrogens is 254 g/mol. The van der Waals surface area contributed by atoms with Gasteiger partial charge in [0.1, 0.15) is 5.54 Å². The van der Waals surface area contributed by atoms with E-state index in [9.17, 15) is 4.79 Å². The van der Waals surface area contributed by atoms with Crippen LogP contribution in [0.25, 0.3) is 0 Å². The first-order chi connectivity index (χ1) is 8.68. The number of carbonyl (C=O) groups excluding carboxylic acids is 1. The maximum absolute atomic E-state index is 10.7. The summed E-state index contributed by atoms with van der Waals surface area (Å²) in [5.74, 6) is 1.37. The molecule has 94 valence electrons. The topological polar surface area (TPSA) is 47.9 Å². The van der Waals surface area contributed by atoms with E-state index in [4.69, 9.17) is 21.1 Å². The molecule has 0 aromatic heterocycles. The summed E-state index contributed by atoms with van der Waals surface area (Å²) in [6.45, 7) is 2.13. The summed E-state index contributed by atoms with van der Waals surface area (Å²) < 4.78 is 10.8. The van der Waals surface area contributed by atoms with Gasteiger partial charge in [0, 0.05) is 17.2 Å². The Kier molecular flexibility index (Phi) is 2.58. The largest absolute Gasteiger partial charge is 0.454 e. The number of hydrogen-bond acceptors (Lipinski definition) is 4. The predicted molar refractivity (Wildman–Crippen MR) is 66.0 cm³/mol. The van der Waals surface area contributed by atoms with E-state index in [-0.39, 0.29) is 6.79 Å². The Morgan fingerprint density at radius 2 is 2.22 bits per heavy atom. The lowest BCUT2D eigenvalue weighted by molar-refractivity contribution is 0.173. The number of nitrogens with zero attached hydrogens (tertiary/aromatic N) is 1. The van der Waals surface area contributed by atoms with E-state index in [0.29, 0.717) is 16.5 Å². The van der Waals surface area contributed by atoms with Crippen molar-refractivity contribution in [1.29, 1.82) is 0 Å². The molecule has 1 aromatic carbocycles. The molecule has 0 spiro atoms. The Hall–Kier alpha value is -1.51. The summed E-state index contributed by atoms with van der Waals surface area (Å²) in [5.41, 5.74) is 1.28. The average molecular weight is 266 g/mol. The zero-order valence-corrected chi connectivity index (χ0v) is 10.7. The highest BCUT2D eigenvalue weighted by atomic mass is 35.5. The van der Waals surface area contributed by atoms with Crippen LogP contribution in [-0.2, 0) is 10.3 Å². The normalized spacial score (nSPS) is 19.0. The third kappa shape index (κ3) is 1.46. The zero-order chi connectivity index (χ0) is 12.8. The molecule has 2 aliphatic rings. The first kappa shape index (κ1) is 11.6. The van der Waals surface area contributed by atoms with Crippen molar-refractivity contribution in [3.63, 3.8) is 0 Å². The molecule has 3 rings (SSSR count). The Labute approximate surface area is 110 Å². The smallest absolute Gasteiger partial charge is 0.235 e. The summed E-state index contributed by atoms with van der Waals surface area (Å²) in [4.78, 5) is 14.6. The maximum atomic E-state index is 10.7. The lowest BCUT2D eigenvalue weighted by Gasteiger charge is -2.38. The quantitative estimate of drug-likeness (QED) is 0.610. The molecule has 1 aromatic rings. The SMILES string of the molecule is Cc1c2c(cc(Cl)c1C1(N=C=O)CCC1)OCO2. The first-order valence-corrected chi connectivity index (χ1v) is 6.24. The van der Waals surface area contributed by atoms with Crippen LogP contribution < -0.4 is 9.47 Å². The fraction of sp³-hybridized carbons (Fsp3) is 0.462. The standard InChI is InChI=1S/C13H12ClNO3/c1-8-11(13(15-6-16)3-2-4-13)9(14)5-10-12(8)18-7-17-10/h5H,2-4,7H2,1H3. The highest BCUT2D eigenvalue weighted by molar-refractivity contribution is 6.31. The number of aliphatic imine (C=N–C) groups is 1. The Morgan fingerprint density at radius 3 is 2.83 bits per heavy atom. The maximum Gasteiger partial charge on any atom is 0.235 e. The zero-order valence-electron chi connectivity index (χ0n) is 9.96. The van der Waals surface area contributed by atoms with Gasteiger partial charge >= 0.3 is 0 Å². The Bertz CT molecular complexity index is 560. The minimum atomic E-state index is -0.510. The first-order valence-electron chi connectivity index (χ1n) is 5.86. The van der Waals surface area contributed by atoms with Crippen LogP contribution in [0.5, 0.6) is 11.5 Å². The minimum absolute atomic E-state index is 0.208. The van der Waals surface area contributed by atoms with Crippen molar-refractivity contribution < 1.29 is 14.3 Å². The number of halogens is 1. The van der Waals surface area contributed by atoms with Crippen molar-refractivity contribution in [2.75, 3.05) is 6.79 Å². The third-order valence-electron chi connectivity index (χ3n) is 3.76. The van der Waals surface area contributed by atoms with Crippen LogP contribution in [0.4, 0.5) is 0 Å². The second-order valence-electron chi connectivity index (χ2n) is 4.68. The van der Waals surface area contributed by atoms with Crippen molar-refractivity contribution in [3.05, 3.63) is 22.2 Å². The van der Waals surface area contributed by atoms with Gasteiger partial charge in [0.2, 0.25) is 12.9 Å².